The zero-order chi connectivity index (χ0) is 21.9. The molecule has 0 amide bonds. The van der Waals surface area contributed by atoms with E-state index in [2.05, 4.69) is 96.9 Å². The Morgan fingerprint density at radius 1 is 0.407 bits per heavy atom. The molecule has 0 N–H and O–H groups in total. The van der Waals surface area contributed by atoms with Gasteiger partial charge in [0.05, 0.1) is 41.4 Å². The summed E-state index contributed by atoms with van der Waals surface area (Å²) in [5, 5.41) is 0. The zero-order valence-electron chi connectivity index (χ0n) is 20.8. The standard InChI is InChI=1S/C21H48O4Si2/c1-16(2,3)22-20(13,23-17(4,5)6)26-15-27-21(14,24-18(7,8)9)25-19(10,11)12/h15,26-27H2,1-14H3. The van der Waals surface area contributed by atoms with Gasteiger partial charge in [-0.15, -0.1) is 0 Å². The maximum Gasteiger partial charge on any atom is 0.143 e. The highest BCUT2D eigenvalue weighted by Crippen LogP contribution is 2.29. The summed E-state index contributed by atoms with van der Waals surface area (Å²) in [7, 11) is -1.32. The predicted molar refractivity (Wildman–Crippen MR) is 122 cm³/mol. The van der Waals surface area contributed by atoms with Crippen LogP contribution in [0, 0.1) is 0 Å². The van der Waals surface area contributed by atoms with Gasteiger partial charge in [0.1, 0.15) is 10.8 Å². The van der Waals surface area contributed by atoms with Crippen LogP contribution in [0.15, 0.2) is 0 Å². The van der Waals surface area contributed by atoms with Crippen molar-refractivity contribution in [3.05, 3.63) is 0 Å². The average Bonchev–Trinajstić information content (AvgIpc) is 2.14. The minimum atomic E-state index is -0.660. The summed E-state index contributed by atoms with van der Waals surface area (Å²) in [6.07, 6.45) is 0. The highest BCUT2D eigenvalue weighted by molar-refractivity contribution is 6.58. The van der Waals surface area contributed by atoms with Gasteiger partial charge in [-0.2, -0.15) is 0 Å². The molecule has 0 spiro atoms. The Hall–Kier alpha value is 0.274. The van der Waals surface area contributed by atoms with E-state index in [1.54, 1.807) is 0 Å². The molecular formula is C21H48O4Si2. The van der Waals surface area contributed by atoms with E-state index >= 15 is 0 Å². The fourth-order valence-electron chi connectivity index (χ4n) is 3.57. The van der Waals surface area contributed by atoms with E-state index in [-0.39, 0.29) is 22.4 Å². The summed E-state index contributed by atoms with van der Waals surface area (Å²) < 4.78 is 25.6. The number of rotatable bonds is 8. The number of hydrogen-bond donors (Lipinski definition) is 0. The monoisotopic (exact) mass is 420 g/mol. The smallest absolute Gasteiger partial charge is 0.143 e. The molecule has 0 rings (SSSR count). The quantitative estimate of drug-likeness (QED) is 0.433. The largest absolute Gasteiger partial charge is 0.349 e. The first-order chi connectivity index (χ1) is 11.5. The van der Waals surface area contributed by atoms with E-state index in [1.165, 1.54) is 0 Å². The molecule has 0 unspecified atom stereocenters. The van der Waals surface area contributed by atoms with Crippen LogP contribution in [0.4, 0.5) is 0 Å². The lowest BCUT2D eigenvalue weighted by atomic mass is 10.2. The van der Waals surface area contributed by atoms with Gasteiger partial charge in [-0.25, -0.2) is 0 Å². The van der Waals surface area contributed by atoms with E-state index in [0.29, 0.717) is 0 Å². The highest BCUT2D eigenvalue weighted by atomic mass is 28.3. The minimum absolute atomic E-state index is 0.234. The second-order valence-corrected chi connectivity index (χ2v) is 18.4. The fourth-order valence-corrected chi connectivity index (χ4v) is 11.6. The molecule has 0 aromatic carbocycles. The molecule has 0 saturated carbocycles. The summed E-state index contributed by atoms with van der Waals surface area (Å²) in [6, 6.07) is 0. The first kappa shape index (κ1) is 27.3. The Bertz CT molecular complexity index is 377. The highest BCUT2D eigenvalue weighted by Gasteiger charge is 2.39. The van der Waals surface area contributed by atoms with Gasteiger partial charge in [0, 0.05) is 0 Å². The lowest BCUT2D eigenvalue weighted by Gasteiger charge is -2.43. The van der Waals surface area contributed by atoms with Crippen LogP contribution in [0.5, 0.6) is 0 Å². The topological polar surface area (TPSA) is 36.9 Å². The van der Waals surface area contributed by atoms with E-state index < -0.39 is 29.9 Å². The van der Waals surface area contributed by atoms with Crippen molar-refractivity contribution in [2.24, 2.45) is 0 Å². The van der Waals surface area contributed by atoms with Crippen LogP contribution < -0.4 is 0 Å². The molecule has 164 valence electrons. The van der Waals surface area contributed by atoms with Crippen LogP contribution in [-0.4, -0.2) is 52.3 Å². The number of hydrogen-bond acceptors (Lipinski definition) is 4. The van der Waals surface area contributed by atoms with Crippen molar-refractivity contribution in [2.75, 3.05) is 0 Å². The summed E-state index contributed by atoms with van der Waals surface area (Å²) in [4.78, 5) is 0. The average molecular weight is 421 g/mol. The molecular weight excluding hydrogens is 372 g/mol. The molecule has 4 nitrogen and oxygen atoms in total. The van der Waals surface area contributed by atoms with Gasteiger partial charge in [-0.05, 0) is 96.9 Å². The van der Waals surface area contributed by atoms with Gasteiger partial charge in [0.15, 0.2) is 0 Å². The summed E-state index contributed by atoms with van der Waals surface area (Å²) in [5.41, 5.74) is -0.778. The van der Waals surface area contributed by atoms with Gasteiger partial charge in [0.25, 0.3) is 0 Å². The van der Waals surface area contributed by atoms with Gasteiger partial charge < -0.3 is 18.9 Å². The molecule has 0 bridgehead atoms. The van der Waals surface area contributed by atoms with E-state index in [1.807, 2.05) is 0 Å². The van der Waals surface area contributed by atoms with Crippen LogP contribution in [0.25, 0.3) is 0 Å². The second kappa shape index (κ2) is 8.96. The second-order valence-electron chi connectivity index (χ2n) is 12.0. The molecule has 0 atom stereocenters. The Morgan fingerprint density at radius 2 is 0.593 bits per heavy atom. The third-order valence-corrected chi connectivity index (χ3v) is 8.57. The van der Waals surface area contributed by atoms with Crippen molar-refractivity contribution in [1.29, 1.82) is 0 Å². The Kier molecular flexibility index (Phi) is 9.05. The summed E-state index contributed by atoms with van der Waals surface area (Å²) >= 11 is 0. The molecule has 27 heavy (non-hydrogen) atoms. The third kappa shape index (κ3) is 14.9. The van der Waals surface area contributed by atoms with Crippen LogP contribution in [0.1, 0.15) is 96.9 Å². The fraction of sp³-hybridized carbons (Fsp3) is 1.00. The molecule has 6 heteroatoms. The lowest BCUT2D eigenvalue weighted by molar-refractivity contribution is -0.257. The Morgan fingerprint density at radius 3 is 0.741 bits per heavy atom. The van der Waals surface area contributed by atoms with Gasteiger partial charge in [0.2, 0.25) is 0 Å². The summed E-state index contributed by atoms with van der Waals surface area (Å²) in [5.74, 6) is 0. The van der Waals surface area contributed by atoms with Crippen LogP contribution in [0.2, 0.25) is 5.67 Å². The maximum absolute atomic E-state index is 6.40. The van der Waals surface area contributed by atoms with Gasteiger partial charge in [-0.3, -0.25) is 0 Å². The van der Waals surface area contributed by atoms with Crippen LogP contribution in [0.3, 0.4) is 0 Å². The Balaban J connectivity index is 5.25. The van der Waals surface area contributed by atoms with Gasteiger partial charge in [-0.1, -0.05) is 5.67 Å². The SMILES string of the molecule is CC(C)(C)OC(C)(OC(C)(C)C)[SiH2]C[SiH2]C(C)(OC(C)(C)C)OC(C)(C)C. The van der Waals surface area contributed by atoms with E-state index in [9.17, 15) is 0 Å². The maximum atomic E-state index is 6.40. The molecule has 0 aromatic heterocycles. The van der Waals surface area contributed by atoms with Crippen molar-refractivity contribution in [3.8, 4) is 0 Å². The number of ether oxygens (including phenoxy) is 4. The molecule has 0 radical (unpaired) electrons. The van der Waals surface area contributed by atoms with Crippen LogP contribution >= 0.6 is 0 Å². The van der Waals surface area contributed by atoms with Crippen molar-refractivity contribution < 1.29 is 18.9 Å². The molecule has 0 aliphatic heterocycles. The zero-order valence-corrected chi connectivity index (χ0v) is 23.6. The van der Waals surface area contributed by atoms with Crippen LogP contribution in [-0.2, 0) is 18.9 Å². The molecule has 0 saturated heterocycles. The van der Waals surface area contributed by atoms with Crippen molar-refractivity contribution in [1.82, 2.24) is 0 Å². The minimum Gasteiger partial charge on any atom is -0.349 e. The van der Waals surface area contributed by atoms with E-state index in [4.69, 9.17) is 18.9 Å². The molecule has 0 aromatic rings. The summed E-state index contributed by atoms with van der Waals surface area (Å²) in [6.45, 7) is 29.4. The molecule has 0 aliphatic carbocycles. The van der Waals surface area contributed by atoms with Crippen molar-refractivity contribution in [2.45, 2.75) is 136 Å². The predicted octanol–water partition coefficient (Wildman–Crippen LogP) is 4.31. The normalized spacial score (nSPS) is 16.2. The molecule has 0 fully saturated rings. The first-order valence-electron chi connectivity index (χ1n) is 10.3. The molecule has 0 aliphatic rings. The first-order valence-corrected chi connectivity index (χ1v) is 13.8. The van der Waals surface area contributed by atoms with Crippen molar-refractivity contribution in [3.63, 3.8) is 0 Å². The molecule has 0 heterocycles. The third-order valence-electron chi connectivity index (χ3n) is 3.35. The van der Waals surface area contributed by atoms with Gasteiger partial charge >= 0.3 is 0 Å². The van der Waals surface area contributed by atoms with Crippen molar-refractivity contribution >= 4 is 19.0 Å². The Labute approximate surface area is 174 Å². The lowest BCUT2D eigenvalue weighted by Crippen LogP contribution is -2.52. The van der Waals surface area contributed by atoms with E-state index in [0.717, 1.165) is 5.67 Å².